The van der Waals surface area contributed by atoms with Gasteiger partial charge in [0.15, 0.2) is 16.6 Å². The van der Waals surface area contributed by atoms with Gasteiger partial charge < -0.3 is 14.2 Å². The van der Waals surface area contributed by atoms with Crippen LogP contribution >= 0.6 is 11.3 Å². The Bertz CT molecular complexity index is 1110. The van der Waals surface area contributed by atoms with E-state index in [1.807, 2.05) is 0 Å². The quantitative estimate of drug-likeness (QED) is 0.538. The van der Waals surface area contributed by atoms with Crippen LogP contribution in [0.4, 0.5) is 5.13 Å². The molecule has 0 saturated carbocycles. The van der Waals surface area contributed by atoms with E-state index in [1.54, 1.807) is 48.7 Å². The third kappa shape index (κ3) is 4.72. The second kappa shape index (κ2) is 9.85. The highest BCUT2D eigenvalue weighted by atomic mass is 32.1. The SMILES string of the molecule is COc1ccc(C(=O)N(CCN2CCOCC2)c2nc3c(C)cc(C)cc3s2)cc1OC. The minimum absolute atomic E-state index is 0.104. The second-order valence-corrected chi connectivity index (χ2v) is 8.91. The van der Waals surface area contributed by atoms with E-state index >= 15 is 0 Å². The highest BCUT2D eigenvalue weighted by molar-refractivity contribution is 7.22. The standard InChI is InChI=1S/C24H29N3O4S/c1-16-13-17(2)22-21(14-16)32-24(25-22)27(8-7-26-9-11-31-12-10-26)23(28)18-5-6-19(29-3)20(15-18)30-4/h5-6,13-15H,7-12H2,1-4H3. The van der Waals surface area contributed by atoms with E-state index in [0.717, 1.165) is 48.6 Å². The van der Waals surface area contributed by atoms with Gasteiger partial charge in [-0.25, -0.2) is 4.98 Å². The Balaban J connectivity index is 1.68. The normalized spacial score (nSPS) is 14.5. The van der Waals surface area contributed by atoms with Gasteiger partial charge in [0.1, 0.15) is 0 Å². The molecule has 1 amide bonds. The predicted molar refractivity (Wildman–Crippen MR) is 128 cm³/mol. The lowest BCUT2D eigenvalue weighted by molar-refractivity contribution is 0.0391. The van der Waals surface area contributed by atoms with Crippen molar-refractivity contribution in [1.82, 2.24) is 9.88 Å². The molecule has 0 radical (unpaired) electrons. The fourth-order valence-corrected chi connectivity index (χ4v) is 5.12. The molecule has 0 unspecified atom stereocenters. The molecule has 0 aliphatic carbocycles. The highest BCUT2D eigenvalue weighted by Crippen LogP contribution is 2.33. The lowest BCUT2D eigenvalue weighted by Crippen LogP contribution is -2.43. The Labute approximate surface area is 192 Å². The summed E-state index contributed by atoms with van der Waals surface area (Å²) in [5.41, 5.74) is 3.80. The Morgan fingerprint density at radius 3 is 2.59 bits per heavy atom. The van der Waals surface area contributed by atoms with E-state index in [0.29, 0.717) is 28.7 Å². The van der Waals surface area contributed by atoms with Crippen molar-refractivity contribution in [3.05, 3.63) is 47.0 Å². The molecule has 170 valence electrons. The van der Waals surface area contributed by atoms with E-state index in [2.05, 4.69) is 30.9 Å². The first kappa shape index (κ1) is 22.5. The Hall–Kier alpha value is -2.68. The number of aryl methyl sites for hydroxylation is 2. The van der Waals surface area contributed by atoms with Crippen LogP contribution < -0.4 is 14.4 Å². The zero-order chi connectivity index (χ0) is 22.7. The number of fused-ring (bicyclic) bond motifs is 1. The van der Waals surface area contributed by atoms with Gasteiger partial charge in [-0.3, -0.25) is 14.6 Å². The molecule has 1 aliphatic heterocycles. The van der Waals surface area contributed by atoms with Crippen LogP contribution in [-0.4, -0.2) is 69.4 Å². The predicted octanol–water partition coefficient (Wildman–Crippen LogP) is 3.91. The molecule has 2 aromatic carbocycles. The topological polar surface area (TPSA) is 64.1 Å². The largest absolute Gasteiger partial charge is 0.493 e. The van der Waals surface area contributed by atoms with Crippen LogP contribution in [-0.2, 0) is 4.74 Å². The molecule has 1 fully saturated rings. The molecule has 1 aromatic heterocycles. The van der Waals surface area contributed by atoms with Crippen LogP contribution in [0, 0.1) is 13.8 Å². The number of hydrogen-bond donors (Lipinski definition) is 0. The van der Waals surface area contributed by atoms with Gasteiger partial charge in [0, 0.05) is 31.7 Å². The third-order valence-corrected chi connectivity index (χ3v) is 6.69. The molecule has 32 heavy (non-hydrogen) atoms. The van der Waals surface area contributed by atoms with Crippen LogP contribution in [0.25, 0.3) is 10.2 Å². The molecule has 0 spiro atoms. The summed E-state index contributed by atoms with van der Waals surface area (Å²) >= 11 is 1.56. The number of ether oxygens (including phenoxy) is 3. The van der Waals surface area contributed by atoms with Crippen molar-refractivity contribution >= 4 is 32.6 Å². The van der Waals surface area contributed by atoms with Gasteiger partial charge in [-0.15, -0.1) is 0 Å². The van der Waals surface area contributed by atoms with Gasteiger partial charge in [0.05, 0.1) is 37.6 Å². The number of methoxy groups -OCH3 is 2. The van der Waals surface area contributed by atoms with Crippen molar-refractivity contribution in [2.24, 2.45) is 0 Å². The van der Waals surface area contributed by atoms with Gasteiger partial charge in [-0.2, -0.15) is 0 Å². The smallest absolute Gasteiger partial charge is 0.260 e. The third-order valence-electron chi connectivity index (χ3n) is 5.67. The van der Waals surface area contributed by atoms with E-state index in [-0.39, 0.29) is 5.91 Å². The summed E-state index contributed by atoms with van der Waals surface area (Å²) in [6, 6.07) is 9.52. The van der Waals surface area contributed by atoms with Crippen LogP contribution in [0.15, 0.2) is 30.3 Å². The molecule has 0 atom stereocenters. The zero-order valence-electron chi connectivity index (χ0n) is 19.0. The zero-order valence-corrected chi connectivity index (χ0v) is 19.8. The molecular weight excluding hydrogens is 426 g/mol. The number of thiazole rings is 1. The Kier molecular flexibility index (Phi) is 6.93. The number of aromatic nitrogens is 1. The lowest BCUT2D eigenvalue weighted by atomic mass is 10.1. The summed E-state index contributed by atoms with van der Waals surface area (Å²) in [5.74, 6) is 1.02. The molecule has 2 heterocycles. The average molecular weight is 456 g/mol. The molecule has 8 heteroatoms. The highest BCUT2D eigenvalue weighted by Gasteiger charge is 2.24. The molecule has 3 aromatic rings. The minimum atomic E-state index is -0.104. The van der Waals surface area contributed by atoms with Crippen molar-refractivity contribution in [1.29, 1.82) is 0 Å². The van der Waals surface area contributed by atoms with Gasteiger partial charge in [-0.05, 0) is 49.2 Å². The maximum atomic E-state index is 13.7. The summed E-state index contributed by atoms with van der Waals surface area (Å²) in [5, 5.41) is 0.710. The average Bonchev–Trinajstić information content (AvgIpc) is 3.23. The van der Waals surface area contributed by atoms with E-state index < -0.39 is 0 Å². The Morgan fingerprint density at radius 1 is 1.12 bits per heavy atom. The fourth-order valence-electron chi connectivity index (χ4n) is 3.95. The van der Waals surface area contributed by atoms with Crippen LogP contribution in [0.3, 0.4) is 0 Å². The summed E-state index contributed by atoms with van der Waals surface area (Å²) in [4.78, 5) is 22.6. The van der Waals surface area contributed by atoms with E-state index in [9.17, 15) is 4.79 Å². The number of nitrogens with zero attached hydrogens (tertiary/aromatic N) is 3. The van der Waals surface area contributed by atoms with Crippen molar-refractivity contribution in [2.45, 2.75) is 13.8 Å². The molecular formula is C24H29N3O4S. The van der Waals surface area contributed by atoms with Crippen LogP contribution in [0.2, 0.25) is 0 Å². The minimum Gasteiger partial charge on any atom is -0.493 e. The number of benzene rings is 2. The van der Waals surface area contributed by atoms with Gasteiger partial charge in [0.2, 0.25) is 0 Å². The van der Waals surface area contributed by atoms with E-state index in [4.69, 9.17) is 19.2 Å². The lowest BCUT2D eigenvalue weighted by Gasteiger charge is -2.29. The first-order valence-corrected chi connectivity index (χ1v) is 11.5. The number of rotatable bonds is 7. The van der Waals surface area contributed by atoms with Crippen LogP contribution in [0.1, 0.15) is 21.5 Å². The molecule has 1 saturated heterocycles. The first-order chi connectivity index (χ1) is 15.5. The number of hydrogen-bond acceptors (Lipinski definition) is 7. The fraction of sp³-hybridized carbons (Fsp3) is 0.417. The number of amides is 1. The van der Waals surface area contributed by atoms with Crippen molar-refractivity contribution < 1.29 is 19.0 Å². The van der Waals surface area contributed by atoms with Crippen molar-refractivity contribution in [3.63, 3.8) is 0 Å². The summed E-state index contributed by atoms with van der Waals surface area (Å²) in [6.45, 7) is 8.64. The molecule has 0 bridgehead atoms. The monoisotopic (exact) mass is 455 g/mol. The van der Waals surface area contributed by atoms with Crippen molar-refractivity contribution in [2.75, 3.05) is 58.5 Å². The molecule has 4 rings (SSSR count). The summed E-state index contributed by atoms with van der Waals surface area (Å²) in [6.07, 6.45) is 0. The number of carbonyl (C=O) groups is 1. The Morgan fingerprint density at radius 2 is 1.88 bits per heavy atom. The number of carbonyl (C=O) groups excluding carboxylic acids is 1. The molecule has 1 aliphatic rings. The maximum Gasteiger partial charge on any atom is 0.260 e. The number of anilines is 1. The van der Waals surface area contributed by atoms with Crippen LogP contribution in [0.5, 0.6) is 11.5 Å². The molecule has 0 N–H and O–H groups in total. The second-order valence-electron chi connectivity index (χ2n) is 7.91. The molecule has 7 nitrogen and oxygen atoms in total. The van der Waals surface area contributed by atoms with Gasteiger partial charge in [0.25, 0.3) is 5.91 Å². The van der Waals surface area contributed by atoms with E-state index in [1.165, 1.54) is 5.56 Å². The first-order valence-electron chi connectivity index (χ1n) is 10.7. The maximum absolute atomic E-state index is 13.7. The van der Waals surface area contributed by atoms with Gasteiger partial charge in [-0.1, -0.05) is 17.4 Å². The van der Waals surface area contributed by atoms with Gasteiger partial charge >= 0.3 is 0 Å². The number of morpholine rings is 1. The van der Waals surface area contributed by atoms with Crippen molar-refractivity contribution in [3.8, 4) is 11.5 Å². The summed E-state index contributed by atoms with van der Waals surface area (Å²) < 4.78 is 17.3. The summed E-state index contributed by atoms with van der Waals surface area (Å²) in [7, 11) is 3.15.